The molecule has 3 aromatic carbocycles. The Morgan fingerprint density at radius 2 is 0.729 bits per heavy atom. The Morgan fingerprint density at radius 1 is 0.521 bits per heavy atom. The topological polar surface area (TPSA) is 0 Å². The maximum absolute atomic E-state index is 8.84. The zero-order chi connectivity index (χ0) is 38.6. The molecule has 0 atom stereocenters. The summed E-state index contributed by atoms with van der Waals surface area (Å²) in [7, 11) is -0.611. The van der Waals surface area contributed by atoms with Gasteiger partial charge in [0.25, 0.3) is 0 Å². The van der Waals surface area contributed by atoms with Crippen molar-refractivity contribution in [3.05, 3.63) is 95.1 Å². The van der Waals surface area contributed by atoms with Crippen LogP contribution in [0.25, 0.3) is 11.1 Å². The second-order valence-electron chi connectivity index (χ2n) is 18.8. The van der Waals surface area contributed by atoms with Gasteiger partial charge in [0.1, 0.15) is 0 Å². The van der Waals surface area contributed by atoms with E-state index in [-0.39, 0.29) is 11.8 Å². The van der Waals surface area contributed by atoms with Crippen molar-refractivity contribution in [2.45, 2.75) is 168 Å². The van der Waals surface area contributed by atoms with Gasteiger partial charge in [-0.1, -0.05) is 152 Å². The van der Waals surface area contributed by atoms with Gasteiger partial charge in [0, 0.05) is 10.8 Å². The fourth-order valence-corrected chi connectivity index (χ4v) is 5.47. The quantitative estimate of drug-likeness (QED) is 0.235. The van der Waals surface area contributed by atoms with Crippen molar-refractivity contribution in [3.8, 4) is 11.1 Å². The number of rotatable bonds is 3. The number of hydrogen-bond donors (Lipinski definition) is 0. The van der Waals surface area contributed by atoms with E-state index in [0.29, 0.717) is 10.8 Å². The molecule has 2 fully saturated rings. The number of hydrogen-bond acceptors (Lipinski definition) is 0. The van der Waals surface area contributed by atoms with Gasteiger partial charge in [0.15, 0.2) is 0 Å². The van der Waals surface area contributed by atoms with Crippen LogP contribution in [0, 0.1) is 24.7 Å². The van der Waals surface area contributed by atoms with Crippen molar-refractivity contribution in [3.63, 3.8) is 0 Å². The Kier molecular flexibility index (Phi) is 17.3. The van der Waals surface area contributed by atoms with Crippen molar-refractivity contribution in [1.29, 1.82) is 0 Å². The molecule has 0 nitrogen and oxygen atoms in total. The average Bonchev–Trinajstić information content (AvgIpc) is 3.01. The normalized spacial score (nSPS) is 19.4. The molecule has 0 heterocycles. The van der Waals surface area contributed by atoms with Crippen molar-refractivity contribution in [2.75, 3.05) is 0 Å². The standard InChI is InChI=1S/C21H26.C15H22.C4H12Ge.C4H12Si.C2H6/c1-16-4-6-17(7-5-16)18-8-10-19(11-9-18)20-12-14-21(2,3)15-13-20;1-12-4-6-13(7-5-12)14-8-10-15(2,3)11-9-14;2*1-5(2,3)4;1-2/h4-11,20H,12-15H2,1-3H3;4-7,14H,8-11H2,1-3H3;2*1-4H3;1-2H3/i20D;14D;;;. The number of aryl methyl sites for hydroxylation is 2. The molecule has 270 valence electrons. The van der Waals surface area contributed by atoms with Gasteiger partial charge >= 0.3 is 36.3 Å². The van der Waals surface area contributed by atoms with Crippen molar-refractivity contribution >= 4 is 21.3 Å². The second-order valence-corrected chi connectivity index (χ2v) is 37.4. The zero-order valence-corrected chi connectivity index (χ0v) is 37.7. The zero-order valence-electron chi connectivity index (χ0n) is 36.6. The first-order valence-electron chi connectivity index (χ1n) is 20.0. The SMILES string of the molecule is CC.C[Si](C)(C)C.[2H]C1(c2ccc(-c3ccc(C)cc3)cc2)CCC(C)(C)CC1.[2H]C1(c2ccc(C)cc2)CCC(C)(C)CC1.[CH3][Ge]([CH3])([CH3])[CH3]. The summed E-state index contributed by atoms with van der Waals surface area (Å²) in [5.41, 5.74) is 8.29. The Bertz CT molecular complexity index is 1330. The molecule has 3 aromatic rings. The van der Waals surface area contributed by atoms with Gasteiger partial charge < -0.3 is 0 Å². The van der Waals surface area contributed by atoms with Crippen LogP contribution in [0.15, 0.2) is 72.8 Å². The molecule has 2 aliphatic rings. The average molecular weight is 734 g/mol. The third-order valence-corrected chi connectivity index (χ3v) is 8.55. The van der Waals surface area contributed by atoms with Crippen LogP contribution in [-0.2, 0) is 0 Å². The van der Waals surface area contributed by atoms with E-state index >= 15 is 0 Å². The molecule has 0 amide bonds. The molecule has 0 N–H and O–H groups in total. The molecule has 0 radical (unpaired) electrons. The molecule has 0 saturated heterocycles. The van der Waals surface area contributed by atoms with E-state index in [1.807, 2.05) is 13.8 Å². The third-order valence-electron chi connectivity index (χ3n) is 8.55. The Hall–Kier alpha value is -1.58. The fourth-order valence-electron chi connectivity index (χ4n) is 5.47. The van der Waals surface area contributed by atoms with Gasteiger partial charge in [-0.05, 0) is 110 Å². The van der Waals surface area contributed by atoms with Crippen LogP contribution in [0.4, 0.5) is 0 Å². The van der Waals surface area contributed by atoms with Crippen LogP contribution < -0.4 is 0 Å². The van der Waals surface area contributed by atoms with Crippen LogP contribution >= 0.6 is 0 Å². The van der Waals surface area contributed by atoms with E-state index in [9.17, 15) is 0 Å². The monoisotopic (exact) mass is 735 g/mol. The summed E-state index contributed by atoms with van der Waals surface area (Å²) in [5, 5.41) is 0. The van der Waals surface area contributed by atoms with Crippen LogP contribution in [0.2, 0.25) is 49.2 Å². The van der Waals surface area contributed by atoms with E-state index in [2.05, 4.69) is 164 Å². The Balaban J connectivity index is 0.000000389. The molecule has 48 heavy (non-hydrogen) atoms. The molecule has 0 spiro atoms. The van der Waals surface area contributed by atoms with Crippen LogP contribution in [0.5, 0.6) is 0 Å². The first kappa shape index (κ1) is 40.8. The maximum atomic E-state index is 8.84. The van der Waals surface area contributed by atoms with Gasteiger partial charge in [-0.3, -0.25) is 0 Å². The van der Waals surface area contributed by atoms with E-state index in [4.69, 9.17) is 2.74 Å². The molecule has 0 unspecified atom stereocenters. The summed E-state index contributed by atoms with van der Waals surface area (Å²) in [6.45, 7) is 26.8. The van der Waals surface area contributed by atoms with Gasteiger partial charge in [0.2, 0.25) is 0 Å². The first-order valence-corrected chi connectivity index (χ1v) is 31.4. The molecular formula is C46H78GeSi. The Morgan fingerprint density at radius 3 is 1.00 bits per heavy atom. The van der Waals surface area contributed by atoms with Crippen LogP contribution in [0.3, 0.4) is 0 Å². The molecule has 2 aliphatic carbocycles. The van der Waals surface area contributed by atoms with Crippen molar-refractivity contribution in [1.82, 2.24) is 0 Å². The minimum atomic E-state index is -1.00. The summed E-state index contributed by atoms with van der Waals surface area (Å²) < 4.78 is 17.5. The van der Waals surface area contributed by atoms with Gasteiger partial charge in [-0.2, -0.15) is 0 Å². The van der Waals surface area contributed by atoms with E-state index in [1.165, 1.54) is 46.2 Å². The van der Waals surface area contributed by atoms with Crippen molar-refractivity contribution < 1.29 is 2.74 Å². The van der Waals surface area contributed by atoms with E-state index in [1.54, 1.807) is 0 Å². The van der Waals surface area contributed by atoms with E-state index < -0.39 is 21.3 Å². The predicted molar refractivity (Wildman–Crippen MR) is 228 cm³/mol. The molecule has 0 aliphatic heterocycles. The number of benzene rings is 3. The molecule has 2 heteroatoms. The molecule has 0 bridgehead atoms. The third kappa shape index (κ3) is 20.2. The summed E-state index contributed by atoms with van der Waals surface area (Å²) in [4.78, 5) is 0. The molecular weight excluding hydrogens is 653 g/mol. The molecule has 2 saturated carbocycles. The van der Waals surface area contributed by atoms with Crippen molar-refractivity contribution in [2.24, 2.45) is 10.8 Å². The summed E-state index contributed by atoms with van der Waals surface area (Å²) in [6.07, 6.45) is 8.60. The second kappa shape index (κ2) is 20.3. The van der Waals surface area contributed by atoms with Crippen LogP contribution in [0.1, 0.15) is 130 Å². The van der Waals surface area contributed by atoms with Gasteiger partial charge in [-0.25, -0.2) is 0 Å². The minimum absolute atomic E-state index is 0.330. The van der Waals surface area contributed by atoms with Crippen LogP contribution in [-0.4, -0.2) is 21.3 Å². The fraction of sp³-hybridized carbons (Fsp3) is 0.609. The molecule has 5 rings (SSSR count). The summed E-state index contributed by atoms with van der Waals surface area (Å²) in [5.74, 6) is 8.78. The van der Waals surface area contributed by atoms with Gasteiger partial charge in [-0.15, -0.1) is 0 Å². The predicted octanol–water partition coefficient (Wildman–Crippen LogP) is 16.0. The van der Waals surface area contributed by atoms with Gasteiger partial charge in [0.05, 0.1) is 0 Å². The molecule has 0 aromatic heterocycles. The first-order chi connectivity index (χ1) is 22.8. The Labute approximate surface area is 307 Å². The summed E-state index contributed by atoms with van der Waals surface area (Å²) >= 11 is -1.00. The van der Waals surface area contributed by atoms with E-state index in [0.717, 1.165) is 38.5 Å². The summed E-state index contributed by atoms with van der Waals surface area (Å²) in [6, 6.07) is 25.9.